The summed E-state index contributed by atoms with van der Waals surface area (Å²) in [5, 5.41) is 3.47. The predicted octanol–water partition coefficient (Wildman–Crippen LogP) is 1.93. The molecule has 3 heteroatoms. The lowest BCUT2D eigenvalue weighted by atomic mass is 9.96. The summed E-state index contributed by atoms with van der Waals surface area (Å²) in [7, 11) is 1.73. The highest BCUT2D eigenvalue weighted by Crippen LogP contribution is 2.21. The number of hydrogen-bond donors (Lipinski definition) is 2. The fourth-order valence-electron chi connectivity index (χ4n) is 2.07. The lowest BCUT2D eigenvalue weighted by molar-refractivity contribution is 0.114. The molecule has 0 spiro atoms. The van der Waals surface area contributed by atoms with Gasteiger partial charge >= 0.3 is 0 Å². The predicted molar refractivity (Wildman–Crippen MR) is 72.2 cm³/mol. The molecule has 0 heterocycles. The Hall–Kier alpha value is -0.900. The molecule has 1 aromatic rings. The summed E-state index contributed by atoms with van der Waals surface area (Å²) in [5.41, 5.74) is 9.76. The molecule has 0 saturated heterocycles. The Balaban J connectivity index is 2.79. The van der Waals surface area contributed by atoms with Crippen LogP contribution in [0, 0.1) is 13.8 Å². The second-order valence-electron chi connectivity index (χ2n) is 4.55. The molecule has 0 radical (unpaired) electrons. The van der Waals surface area contributed by atoms with Gasteiger partial charge in [0.1, 0.15) is 0 Å². The molecule has 0 fully saturated rings. The second-order valence-corrected chi connectivity index (χ2v) is 4.55. The maximum absolute atomic E-state index is 5.87. The second kappa shape index (κ2) is 6.74. The van der Waals surface area contributed by atoms with Gasteiger partial charge in [0.05, 0.1) is 6.10 Å². The summed E-state index contributed by atoms with van der Waals surface area (Å²) in [4.78, 5) is 0. The van der Waals surface area contributed by atoms with Crippen LogP contribution in [-0.4, -0.2) is 26.3 Å². The van der Waals surface area contributed by atoms with E-state index in [1.54, 1.807) is 7.11 Å². The fourth-order valence-corrected chi connectivity index (χ4v) is 2.07. The quantitative estimate of drug-likeness (QED) is 0.793. The molecule has 0 aliphatic carbocycles. The third-order valence-electron chi connectivity index (χ3n) is 3.18. The van der Waals surface area contributed by atoms with Crippen molar-refractivity contribution in [1.82, 2.24) is 5.32 Å². The van der Waals surface area contributed by atoms with Gasteiger partial charge in [0.25, 0.3) is 0 Å². The van der Waals surface area contributed by atoms with E-state index in [2.05, 4.69) is 37.4 Å². The van der Waals surface area contributed by atoms with Crippen molar-refractivity contribution in [1.29, 1.82) is 0 Å². The Labute approximate surface area is 104 Å². The van der Waals surface area contributed by atoms with Gasteiger partial charge in [-0.05, 0) is 37.5 Å². The first-order valence-corrected chi connectivity index (χ1v) is 6.12. The van der Waals surface area contributed by atoms with Gasteiger partial charge in [-0.25, -0.2) is 0 Å². The summed E-state index contributed by atoms with van der Waals surface area (Å²) in [5.74, 6) is 0. The van der Waals surface area contributed by atoms with Crippen molar-refractivity contribution in [3.05, 3.63) is 34.9 Å². The topological polar surface area (TPSA) is 47.3 Å². The maximum atomic E-state index is 5.87. The molecule has 17 heavy (non-hydrogen) atoms. The number of ether oxygens (including phenoxy) is 1. The van der Waals surface area contributed by atoms with Crippen LogP contribution in [0.4, 0.5) is 0 Å². The zero-order valence-electron chi connectivity index (χ0n) is 11.3. The van der Waals surface area contributed by atoms with Crippen LogP contribution in [0.1, 0.15) is 29.7 Å². The molecule has 0 bridgehead atoms. The van der Waals surface area contributed by atoms with Crippen molar-refractivity contribution in [2.75, 3.05) is 20.2 Å². The first kappa shape index (κ1) is 14.2. The third kappa shape index (κ3) is 3.80. The fraction of sp³-hybridized carbons (Fsp3) is 0.571. The van der Waals surface area contributed by atoms with Gasteiger partial charge in [-0.1, -0.05) is 18.2 Å². The van der Waals surface area contributed by atoms with E-state index in [4.69, 9.17) is 10.5 Å². The van der Waals surface area contributed by atoms with Gasteiger partial charge in [0.15, 0.2) is 0 Å². The maximum Gasteiger partial charge on any atom is 0.0667 e. The van der Waals surface area contributed by atoms with Crippen molar-refractivity contribution in [3.63, 3.8) is 0 Å². The summed E-state index contributed by atoms with van der Waals surface area (Å²) in [6.45, 7) is 7.72. The van der Waals surface area contributed by atoms with E-state index in [0.717, 1.165) is 6.54 Å². The molecule has 0 amide bonds. The van der Waals surface area contributed by atoms with Crippen LogP contribution in [0.15, 0.2) is 18.2 Å². The third-order valence-corrected chi connectivity index (χ3v) is 3.18. The summed E-state index contributed by atoms with van der Waals surface area (Å²) in [6.07, 6.45) is 0.202. The lowest BCUT2D eigenvalue weighted by Gasteiger charge is -2.23. The number of methoxy groups -OCH3 is 1. The summed E-state index contributed by atoms with van der Waals surface area (Å²) < 4.78 is 5.24. The zero-order chi connectivity index (χ0) is 12.8. The lowest BCUT2D eigenvalue weighted by Crippen LogP contribution is -2.34. The minimum atomic E-state index is 0.202. The van der Waals surface area contributed by atoms with Crippen LogP contribution in [0.5, 0.6) is 0 Å². The molecular weight excluding hydrogens is 212 g/mol. The van der Waals surface area contributed by atoms with Crippen molar-refractivity contribution in [2.45, 2.75) is 32.9 Å². The average Bonchev–Trinajstić information content (AvgIpc) is 2.32. The number of aryl methyl sites for hydroxylation is 2. The normalized spacial score (nSPS) is 14.6. The zero-order valence-corrected chi connectivity index (χ0v) is 11.3. The van der Waals surface area contributed by atoms with E-state index in [1.165, 1.54) is 16.7 Å². The number of benzene rings is 1. The van der Waals surface area contributed by atoms with Crippen LogP contribution < -0.4 is 11.1 Å². The minimum Gasteiger partial charge on any atom is -0.380 e. The smallest absolute Gasteiger partial charge is 0.0667 e. The summed E-state index contributed by atoms with van der Waals surface area (Å²) in [6, 6.07) is 6.55. The van der Waals surface area contributed by atoms with Crippen molar-refractivity contribution in [3.8, 4) is 0 Å². The van der Waals surface area contributed by atoms with Crippen LogP contribution in [0.2, 0.25) is 0 Å². The van der Waals surface area contributed by atoms with Gasteiger partial charge in [0, 0.05) is 26.2 Å². The highest BCUT2D eigenvalue weighted by Gasteiger charge is 2.14. The molecule has 1 aromatic carbocycles. The molecule has 96 valence electrons. The van der Waals surface area contributed by atoms with E-state index in [1.807, 2.05) is 6.92 Å². The Morgan fingerprint density at radius 3 is 2.35 bits per heavy atom. The van der Waals surface area contributed by atoms with Gasteiger partial charge in [-0.3, -0.25) is 0 Å². The van der Waals surface area contributed by atoms with Crippen LogP contribution in [-0.2, 0) is 4.74 Å². The van der Waals surface area contributed by atoms with E-state index in [0.29, 0.717) is 6.54 Å². The highest BCUT2D eigenvalue weighted by molar-refractivity contribution is 5.36. The Morgan fingerprint density at radius 1 is 1.29 bits per heavy atom. The molecular formula is C14H24N2O. The van der Waals surface area contributed by atoms with Gasteiger partial charge in [0.2, 0.25) is 0 Å². The van der Waals surface area contributed by atoms with E-state index < -0.39 is 0 Å². The minimum absolute atomic E-state index is 0.202. The van der Waals surface area contributed by atoms with E-state index >= 15 is 0 Å². The Kier molecular flexibility index (Phi) is 5.62. The van der Waals surface area contributed by atoms with Crippen LogP contribution >= 0.6 is 0 Å². The molecule has 0 saturated carbocycles. The number of hydrogen-bond acceptors (Lipinski definition) is 3. The number of nitrogens with one attached hydrogen (secondary N) is 1. The Bertz CT molecular complexity index is 332. The first-order valence-electron chi connectivity index (χ1n) is 6.12. The molecule has 1 rings (SSSR count). The van der Waals surface area contributed by atoms with E-state index in [-0.39, 0.29) is 12.1 Å². The van der Waals surface area contributed by atoms with Gasteiger partial charge in [-0.15, -0.1) is 0 Å². The van der Waals surface area contributed by atoms with Crippen LogP contribution in [0.25, 0.3) is 0 Å². The SMILES string of the molecule is COC(C)CNC(CN)c1c(C)cccc1C. The largest absolute Gasteiger partial charge is 0.380 e. The average molecular weight is 236 g/mol. The molecule has 3 N–H and O–H groups in total. The van der Waals surface area contributed by atoms with Crippen LogP contribution in [0.3, 0.4) is 0 Å². The van der Waals surface area contributed by atoms with Crippen molar-refractivity contribution >= 4 is 0 Å². The van der Waals surface area contributed by atoms with Gasteiger partial charge in [-0.2, -0.15) is 0 Å². The Morgan fingerprint density at radius 2 is 1.88 bits per heavy atom. The summed E-state index contributed by atoms with van der Waals surface area (Å²) >= 11 is 0. The molecule has 0 aliphatic rings. The molecule has 2 atom stereocenters. The molecule has 2 unspecified atom stereocenters. The molecule has 0 aromatic heterocycles. The highest BCUT2D eigenvalue weighted by atomic mass is 16.5. The monoisotopic (exact) mass is 236 g/mol. The molecule has 0 aliphatic heterocycles. The van der Waals surface area contributed by atoms with Gasteiger partial charge < -0.3 is 15.8 Å². The first-order chi connectivity index (χ1) is 8.10. The standard InChI is InChI=1S/C14H24N2O/c1-10-6-5-7-11(2)14(10)13(8-15)16-9-12(3)17-4/h5-7,12-13,16H,8-9,15H2,1-4H3. The van der Waals surface area contributed by atoms with Crippen molar-refractivity contribution in [2.24, 2.45) is 5.73 Å². The van der Waals surface area contributed by atoms with E-state index in [9.17, 15) is 0 Å². The molecule has 3 nitrogen and oxygen atoms in total. The number of nitrogens with two attached hydrogens (primary N) is 1. The number of rotatable bonds is 6. The van der Waals surface area contributed by atoms with Crippen molar-refractivity contribution < 1.29 is 4.74 Å².